The molecule has 0 saturated carbocycles. The molecular weight excluding hydrogens is 235 g/mol. The Morgan fingerprint density at radius 1 is 1.39 bits per heavy atom. The number of nitrogens with zero attached hydrogens (tertiary/aromatic N) is 1. The lowest BCUT2D eigenvalue weighted by atomic mass is 10.2. The van der Waals surface area contributed by atoms with Crippen LogP contribution in [0.2, 0.25) is 0 Å². The average molecular weight is 250 g/mol. The molecular formula is C13H15FN2O2. The molecule has 1 saturated heterocycles. The maximum absolute atomic E-state index is 12.9. The number of hydrazine groups is 1. The van der Waals surface area contributed by atoms with Crippen molar-refractivity contribution in [2.75, 3.05) is 26.3 Å². The second-order valence-corrected chi connectivity index (χ2v) is 3.96. The van der Waals surface area contributed by atoms with E-state index in [9.17, 15) is 9.18 Å². The first-order valence-corrected chi connectivity index (χ1v) is 5.81. The number of nitrogens with one attached hydrogen (secondary N) is 1. The normalized spacial score (nSPS) is 16.9. The molecule has 0 unspecified atom stereocenters. The molecule has 18 heavy (non-hydrogen) atoms. The molecule has 96 valence electrons. The summed E-state index contributed by atoms with van der Waals surface area (Å²) >= 11 is 0. The largest absolute Gasteiger partial charge is 0.379 e. The van der Waals surface area contributed by atoms with Crippen LogP contribution in [-0.2, 0) is 9.53 Å². The van der Waals surface area contributed by atoms with Gasteiger partial charge in [0, 0.05) is 19.2 Å². The third kappa shape index (κ3) is 3.94. The van der Waals surface area contributed by atoms with E-state index in [0.717, 1.165) is 0 Å². The smallest absolute Gasteiger partial charge is 0.258 e. The molecule has 1 aromatic rings. The number of rotatable bonds is 3. The van der Waals surface area contributed by atoms with E-state index in [2.05, 4.69) is 5.43 Å². The van der Waals surface area contributed by atoms with Crippen LogP contribution in [-0.4, -0.2) is 37.2 Å². The van der Waals surface area contributed by atoms with Gasteiger partial charge in [0.05, 0.1) is 13.2 Å². The number of carbonyl (C=O) groups is 1. The molecule has 1 fully saturated rings. The summed E-state index contributed by atoms with van der Waals surface area (Å²) in [4.78, 5) is 11.6. The van der Waals surface area contributed by atoms with E-state index in [1.165, 1.54) is 18.2 Å². The molecule has 1 aliphatic heterocycles. The maximum atomic E-state index is 12.9. The quantitative estimate of drug-likeness (QED) is 0.820. The Hall–Kier alpha value is -1.72. The Balaban J connectivity index is 1.86. The highest BCUT2D eigenvalue weighted by Crippen LogP contribution is 2.05. The fraction of sp³-hybridized carbons (Fsp3) is 0.308. The van der Waals surface area contributed by atoms with Crippen LogP contribution >= 0.6 is 0 Å². The van der Waals surface area contributed by atoms with Crippen LogP contribution in [0.4, 0.5) is 4.39 Å². The van der Waals surface area contributed by atoms with Crippen molar-refractivity contribution in [1.82, 2.24) is 10.4 Å². The average Bonchev–Trinajstić information content (AvgIpc) is 2.38. The first kappa shape index (κ1) is 12.7. The lowest BCUT2D eigenvalue weighted by Gasteiger charge is -2.26. The van der Waals surface area contributed by atoms with Crippen molar-refractivity contribution in [3.8, 4) is 0 Å². The van der Waals surface area contributed by atoms with E-state index in [0.29, 0.717) is 31.9 Å². The zero-order chi connectivity index (χ0) is 12.8. The number of hydrogen-bond donors (Lipinski definition) is 1. The minimum absolute atomic E-state index is 0.221. The minimum Gasteiger partial charge on any atom is -0.379 e. The van der Waals surface area contributed by atoms with Gasteiger partial charge in [-0.1, -0.05) is 12.1 Å². The summed E-state index contributed by atoms with van der Waals surface area (Å²) in [5.74, 6) is -0.535. The third-order valence-corrected chi connectivity index (χ3v) is 2.56. The van der Waals surface area contributed by atoms with Gasteiger partial charge in [0.25, 0.3) is 5.91 Å². The van der Waals surface area contributed by atoms with Gasteiger partial charge in [-0.05, 0) is 23.8 Å². The van der Waals surface area contributed by atoms with E-state index < -0.39 is 0 Å². The van der Waals surface area contributed by atoms with Gasteiger partial charge in [-0.25, -0.2) is 9.40 Å². The molecule has 1 amide bonds. The second-order valence-electron chi connectivity index (χ2n) is 3.96. The molecule has 5 heteroatoms. The fourth-order valence-corrected chi connectivity index (χ4v) is 1.65. The van der Waals surface area contributed by atoms with Crippen molar-refractivity contribution in [1.29, 1.82) is 0 Å². The van der Waals surface area contributed by atoms with Crippen molar-refractivity contribution in [3.05, 3.63) is 41.7 Å². The minimum atomic E-state index is -0.314. The van der Waals surface area contributed by atoms with Crippen molar-refractivity contribution < 1.29 is 13.9 Å². The molecule has 1 heterocycles. The number of ether oxygens (including phenoxy) is 1. The van der Waals surface area contributed by atoms with Crippen LogP contribution in [0.25, 0.3) is 6.08 Å². The van der Waals surface area contributed by atoms with Crippen molar-refractivity contribution in [2.45, 2.75) is 0 Å². The highest BCUT2D eigenvalue weighted by atomic mass is 19.1. The zero-order valence-electron chi connectivity index (χ0n) is 9.93. The standard InChI is InChI=1S/C13H15FN2O2/c14-12-3-1-2-11(10-12)4-5-13(17)15-16-6-8-18-9-7-16/h1-5,10H,6-9H2,(H,15,17). The molecule has 0 radical (unpaired) electrons. The first-order valence-electron chi connectivity index (χ1n) is 5.81. The second kappa shape index (κ2) is 6.28. The van der Waals surface area contributed by atoms with Crippen LogP contribution in [0.3, 0.4) is 0 Å². The van der Waals surface area contributed by atoms with E-state index in [1.54, 1.807) is 18.2 Å². The molecule has 0 atom stereocenters. The summed E-state index contributed by atoms with van der Waals surface area (Å²) in [5, 5.41) is 1.81. The summed E-state index contributed by atoms with van der Waals surface area (Å²) in [6.07, 6.45) is 2.98. The summed E-state index contributed by atoms with van der Waals surface area (Å²) in [7, 11) is 0. The third-order valence-electron chi connectivity index (χ3n) is 2.56. The van der Waals surface area contributed by atoms with Gasteiger partial charge in [-0.15, -0.1) is 0 Å². The molecule has 0 aliphatic carbocycles. The highest BCUT2D eigenvalue weighted by molar-refractivity contribution is 5.91. The monoisotopic (exact) mass is 250 g/mol. The Morgan fingerprint density at radius 2 is 2.17 bits per heavy atom. The zero-order valence-corrected chi connectivity index (χ0v) is 9.93. The van der Waals surface area contributed by atoms with E-state index in [1.807, 2.05) is 5.01 Å². The number of amides is 1. The molecule has 2 rings (SSSR count). The molecule has 0 spiro atoms. The van der Waals surface area contributed by atoms with Gasteiger partial charge >= 0.3 is 0 Å². The van der Waals surface area contributed by atoms with Crippen molar-refractivity contribution >= 4 is 12.0 Å². The lowest BCUT2D eigenvalue weighted by Crippen LogP contribution is -2.47. The van der Waals surface area contributed by atoms with Crippen molar-refractivity contribution in [3.63, 3.8) is 0 Å². The van der Waals surface area contributed by atoms with Crippen molar-refractivity contribution in [2.24, 2.45) is 0 Å². The Kier molecular flexibility index (Phi) is 4.44. The first-order chi connectivity index (χ1) is 8.74. The topological polar surface area (TPSA) is 41.6 Å². The van der Waals surface area contributed by atoms with Crippen LogP contribution in [0.1, 0.15) is 5.56 Å². The van der Waals surface area contributed by atoms with Gasteiger partial charge in [0.2, 0.25) is 0 Å². The van der Waals surface area contributed by atoms with Gasteiger partial charge in [0.1, 0.15) is 5.82 Å². The van der Waals surface area contributed by atoms with Gasteiger partial charge in [-0.3, -0.25) is 10.2 Å². The molecule has 4 nitrogen and oxygen atoms in total. The van der Waals surface area contributed by atoms with E-state index >= 15 is 0 Å². The van der Waals surface area contributed by atoms with Gasteiger partial charge in [0.15, 0.2) is 0 Å². The van der Waals surface area contributed by atoms with E-state index in [-0.39, 0.29) is 11.7 Å². The Bertz CT molecular complexity index is 442. The summed E-state index contributed by atoms with van der Waals surface area (Å²) in [6.45, 7) is 2.60. The predicted molar refractivity (Wildman–Crippen MR) is 66.0 cm³/mol. The molecule has 0 aromatic heterocycles. The summed E-state index contributed by atoms with van der Waals surface area (Å²) in [6, 6.07) is 6.08. The summed E-state index contributed by atoms with van der Waals surface area (Å²) < 4.78 is 18.1. The number of halogens is 1. The van der Waals surface area contributed by atoms with E-state index in [4.69, 9.17) is 4.74 Å². The SMILES string of the molecule is O=C(C=Cc1cccc(F)c1)NN1CCOCC1. The lowest BCUT2D eigenvalue weighted by molar-refractivity contribution is -0.123. The molecule has 1 N–H and O–H groups in total. The number of hydrogen-bond acceptors (Lipinski definition) is 3. The van der Waals surface area contributed by atoms with Crippen LogP contribution in [0.5, 0.6) is 0 Å². The molecule has 1 aromatic carbocycles. The highest BCUT2D eigenvalue weighted by Gasteiger charge is 2.10. The van der Waals surface area contributed by atoms with Gasteiger partial charge < -0.3 is 4.74 Å². The molecule has 1 aliphatic rings. The Labute approximate surface area is 105 Å². The summed E-state index contributed by atoms with van der Waals surface area (Å²) in [5.41, 5.74) is 3.40. The Morgan fingerprint density at radius 3 is 2.89 bits per heavy atom. The van der Waals surface area contributed by atoms with Crippen LogP contribution < -0.4 is 5.43 Å². The molecule has 0 bridgehead atoms. The number of benzene rings is 1. The number of morpholine rings is 1. The number of carbonyl (C=O) groups excluding carboxylic acids is 1. The van der Waals surface area contributed by atoms with Crippen LogP contribution in [0.15, 0.2) is 30.3 Å². The van der Waals surface area contributed by atoms with Crippen LogP contribution in [0, 0.1) is 5.82 Å². The van der Waals surface area contributed by atoms with Gasteiger partial charge in [-0.2, -0.15) is 0 Å². The fourth-order valence-electron chi connectivity index (χ4n) is 1.65. The maximum Gasteiger partial charge on any atom is 0.258 e. The predicted octanol–water partition coefficient (Wildman–Crippen LogP) is 1.20.